The van der Waals surface area contributed by atoms with E-state index in [4.69, 9.17) is 13.0 Å². The molecule has 205 valence electrons. The van der Waals surface area contributed by atoms with Gasteiger partial charge in [-0.3, -0.25) is 0 Å². The Balaban J connectivity index is 0.000000554. The number of halogens is 3. The van der Waals surface area contributed by atoms with Gasteiger partial charge in [0.2, 0.25) is 0 Å². The molecule has 36 heavy (non-hydrogen) atoms. The van der Waals surface area contributed by atoms with Crippen molar-refractivity contribution in [3.8, 4) is 0 Å². The molecule has 0 aliphatic heterocycles. The van der Waals surface area contributed by atoms with Crippen molar-refractivity contribution in [3.63, 3.8) is 0 Å². The zero-order valence-corrected chi connectivity index (χ0v) is 25.5. The van der Waals surface area contributed by atoms with E-state index in [2.05, 4.69) is 74.4 Å². The standard InChI is InChI=1S/C17H26.C10H15.CHF3O3S.Ru/c1-12(2)8-16-10-14-6-5-7-15(14)11-17(16)9-13(3)4;1-6-7(2)9(4)10(5)8(6)3;2-1(3,4)8(5,6)7;/h10-13H,5-9H2,1-4H3;1-5H3;(H,5,6,7);/q;;;+2/p-1. The molecule has 3 nitrogen and oxygen atoms in total. The van der Waals surface area contributed by atoms with Crippen molar-refractivity contribution in [1.29, 1.82) is 0 Å². The van der Waals surface area contributed by atoms with Crippen LogP contribution in [0.3, 0.4) is 0 Å². The van der Waals surface area contributed by atoms with E-state index >= 15 is 0 Å². The first kappa shape index (κ1) is 35.5. The van der Waals surface area contributed by atoms with Gasteiger partial charge in [0.1, 0.15) is 0 Å². The summed E-state index contributed by atoms with van der Waals surface area (Å²) in [5.41, 5.74) is 0.859. The maximum atomic E-state index is 10.7. The number of alkyl halides is 3. The fourth-order valence-electron chi connectivity index (χ4n) is 4.39. The molecule has 3 rings (SSSR count). The first-order valence-corrected chi connectivity index (χ1v) is 13.6. The Morgan fingerprint density at radius 3 is 1.19 bits per heavy atom. The summed E-state index contributed by atoms with van der Waals surface area (Å²) in [5.74, 6) is 8.87. The molecular weight excluding hydrogens is 574 g/mol. The van der Waals surface area contributed by atoms with Crippen LogP contribution in [-0.4, -0.2) is 18.5 Å². The molecule has 0 saturated heterocycles. The predicted molar refractivity (Wildman–Crippen MR) is 136 cm³/mol. The summed E-state index contributed by atoms with van der Waals surface area (Å²) in [4.78, 5) is 0. The molecule has 0 bridgehead atoms. The SMILES string of the molecule is CC(C)Cc1cc2c(cc1CC(C)C)CCC2.C[C]1[C](C)[C](C)[C](C)[C]1C.O=S(=O)([O-])C(F)(F)F.[Ru+2]. The molecule has 0 amide bonds. The zero-order chi connectivity index (χ0) is 27.3. The van der Waals surface area contributed by atoms with Gasteiger partial charge in [-0.25, -0.2) is 8.42 Å². The second kappa shape index (κ2) is 14.6. The molecule has 0 spiro atoms. The van der Waals surface area contributed by atoms with Gasteiger partial charge in [0.05, 0.1) is 0 Å². The van der Waals surface area contributed by atoms with E-state index in [1.54, 1.807) is 22.3 Å². The summed E-state index contributed by atoms with van der Waals surface area (Å²) < 4.78 is 58.9. The van der Waals surface area contributed by atoms with Crippen LogP contribution in [0.15, 0.2) is 12.1 Å². The number of aryl methyl sites for hydroxylation is 2. The van der Waals surface area contributed by atoms with Crippen molar-refractivity contribution in [2.24, 2.45) is 11.8 Å². The molecule has 0 atom stereocenters. The van der Waals surface area contributed by atoms with Gasteiger partial charge >= 0.3 is 25.0 Å². The van der Waals surface area contributed by atoms with Crippen molar-refractivity contribution in [1.82, 2.24) is 0 Å². The Kier molecular flexibility index (Phi) is 14.4. The summed E-state index contributed by atoms with van der Waals surface area (Å²) in [7, 11) is -6.09. The third kappa shape index (κ3) is 10.4. The predicted octanol–water partition coefficient (Wildman–Crippen LogP) is 7.59. The van der Waals surface area contributed by atoms with Crippen LogP contribution in [0.5, 0.6) is 0 Å². The molecule has 2 aliphatic carbocycles. The average Bonchev–Trinajstić information content (AvgIpc) is 3.22. The second-order valence-corrected chi connectivity index (χ2v) is 11.8. The van der Waals surface area contributed by atoms with Crippen LogP contribution in [0.4, 0.5) is 13.2 Å². The maximum Gasteiger partial charge on any atom is 2.00 e. The van der Waals surface area contributed by atoms with Gasteiger partial charge in [0, 0.05) is 0 Å². The van der Waals surface area contributed by atoms with Gasteiger partial charge in [-0.05, 0) is 95.8 Å². The molecule has 0 unspecified atom stereocenters. The molecule has 8 heteroatoms. The minimum Gasteiger partial charge on any atom is -0.741 e. The Morgan fingerprint density at radius 2 is 1.00 bits per heavy atom. The summed E-state index contributed by atoms with van der Waals surface area (Å²) in [6.07, 6.45) is 6.47. The molecule has 5 radical (unpaired) electrons. The molecule has 2 aliphatic rings. The van der Waals surface area contributed by atoms with Gasteiger partial charge in [-0.2, -0.15) is 13.2 Å². The van der Waals surface area contributed by atoms with E-state index < -0.39 is 15.6 Å². The Hall–Kier alpha value is -0.457. The maximum absolute atomic E-state index is 10.7. The molecular formula is C28H41F3O3RuS+. The van der Waals surface area contributed by atoms with Gasteiger partial charge in [-0.15, -0.1) is 0 Å². The first-order chi connectivity index (χ1) is 15.9. The van der Waals surface area contributed by atoms with Crippen molar-refractivity contribution < 1.29 is 45.6 Å². The summed E-state index contributed by atoms with van der Waals surface area (Å²) >= 11 is 0. The number of rotatable bonds is 4. The molecule has 1 aromatic rings. The Bertz CT molecular complexity index is 832. The van der Waals surface area contributed by atoms with Crippen molar-refractivity contribution in [2.75, 3.05) is 0 Å². The van der Waals surface area contributed by atoms with Gasteiger partial charge in [-0.1, -0.05) is 74.4 Å². The number of hydrogen-bond donors (Lipinski definition) is 0. The second-order valence-electron chi connectivity index (χ2n) is 10.5. The van der Waals surface area contributed by atoms with Crippen LogP contribution >= 0.6 is 0 Å². The van der Waals surface area contributed by atoms with Crippen LogP contribution in [-0.2, 0) is 55.3 Å². The van der Waals surface area contributed by atoms with Crippen molar-refractivity contribution >= 4 is 10.1 Å². The minimum atomic E-state index is -6.09. The molecule has 0 aromatic heterocycles. The number of hydrogen-bond acceptors (Lipinski definition) is 3. The van der Waals surface area contributed by atoms with Crippen molar-refractivity contribution in [2.45, 2.75) is 99.9 Å². The minimum absolute atomic E-state index is 0. The summed E-state index contributed by atoms with van der Waals surface area (Å²) in [6, 6.07) is 5.03. The Labute approximate surface area is 230 Å². The normalized spacial score (nSPS) is 18.0. The zero-order valence-electron chi connectivity index (χ0n) is 23.0. The number of benzene rings is 1. The monoisotopic (exact) mass is 616 g/mol. The third-order valence-corrected chi connectivity index (χ3v) is 7.33. The van der Waals surface area contributed by atoms with E-state index in [-0.39, 0.29) is 19.5 Å². The van der Waals surface area contributed by atoms with Crippen molar-refractivity contribution in [3.05, 3.63) is 64.0 Å². The third-order valence-electron chi connectivity index (χ3n) is 6.77. The van der Waals surface area contributed by atoms with Crippen LogP contribution in [0.1, 0.15) is 91.0 Å². The first-order valence-electron chi connectivity index (χ1n) is 12.2. The van der Waals surface area contributed by atoms with E-state index in [9.17, 15) is 13.2 Å². The van der Waals surface area contributed by atoms with Crippen LogP contribution in [0.25, 0.3) is 0 Å². The van der Waals surface area contributed by atoms with Crippen LogP contribution in [0.2, 0.25) is 0 Å². The smallest absolute Gasteiger partial charge is 0.741 e. The fraction of sp³-hybridized carbons (Fsp3) is 0.607. The van der Waals surface area contributed by atoms with Crippen LogP contribution in [0, 0.1) is 41.4 Å². The van der Waals surface area contributed by atoms with Crippen LogP contribution < -0.4 is 0 Å². The van der Waals surface area contributed by atoms with Gasteiger partial charge in [0.15, 0.2) is 10.1 Å². The quantitative estimate of drug-likeness (QED) is 0.199. The Morgan fingerprint density at radius 1 is 0.750 bits per heavy atom. The largest absolute Gasteiger partial charge is 2.00 e. The average molecular weight is 616 g/mol. The van der Waals surface area contributed by atoms with Gasteiger partial charge in [0.25, 0.3) is 0 Å². The van der Waals surface area contributed by atoms with Gasteiger partial charge < -0.3 is 4.55 Å². The van der Waals surface area contributed by atoms with E-state index in [0.717, 1.165) is 11.8 Å². The molecule has 0 heterocycles. The van der Waals surface area contributed by atoms with E-state index in [0.29, 0.717) is 0 Å². The molecule has 1 aromatic carbocycles. The summed E-state index contributed by atoms with van der Waals surface area (Å²) in [5, 5.41) is 0. The van der Waals surface area contributed by atoms with E-state index in [1.165, 1.54) is 61.7 Å². The fourth-order valence-corrected chi connectivity index (χ4v) is 4.39. The molecule has 1 saturated carbocycles. The molecule has 1 fully saturated rings. The topological polar surface area (TPSA) is 57.2 Å². The van der Waals surface area contributed by atoms with E-state index in [1.807, 2.05) is 0 Å². The molecule has 0 N–H and O–H groups in total. The summed E-state index contributed by atoms with van der Waals surface area (Å²) in [6.45, 7) is 20.3. The number of fused-ring (bicyclic) bond motifs is 1.